The van der Waals surface area contributed by atoms with E-state index in [1.54, 1.807) is 0 Å². The highest BCUT2D eigenvalue weighted by Crippen LogP contribution is 2.25. The zero-order chi connectivity index (χ0) is 15.2. The lowest BCUT2D eigenvalue weighted by atomic mass is 9.93. The molecule has 21 heavy (non-hydrogen) atoms. The second-order valence-corrected chi connectivity index (χ2v) is 5.83. The molecule has 0 radical (unpaired) electrons. The normalized spacial score (nSPS) is 23.9. The van der Waals surface area contributed by atoms with E-state index < -0.39 is 11.9 Å². The predicted octanol–water partition coefficient (Wildman–Crippen LogP) is 2.94. The van der Waals surface area contributed by atoms with Gasteiger partial charge in [-0.05, 0) is 25.3 Å². The zero-order valence-corrected chi connectivity index (χ0v) is 12.4. The van der Waals surface area contributed by atoms with E-state index in [9.17, 15) is 14.7 Å². The molecular weight excluding hydrogens is 266 g/mol. The molecule has 0 aliphatic heterocycles. The Labute approximate surface area is 125 Å². The Hall–Kier alpha value is -1.84. The monoisotopic (exact) mass is 289 g/mol. The molecule has 0 aromatic heterocycles. The summed E-state index contributed by atoms with van der Waals surface area (Å²) in [5.41, 5.74) is 0.954. The molecule has 2 rings (SSSR count). The van der Waals surface area contributed by atoms with Crippen molar-refractivity contribution in [1.82, 2.24) is 5.32 Å². The maximum absolute atomic E-state index is 12.4. The van der Waals surface area contributed by atoms with Crippen LogP contribution in [0.5, 0.6) is 0 Å². The van der Waals surface area contributed by atoms with Crippen LogP contribution in [0.1, 0.15) is 50.5 Å². The molecule has 0 bridgehead atoms. The van der Waals surface area contributed by atoms with Crippen LogP contribution in [0.15, 0.2) is 30.3 Å². The van der Waals surface area contributed by atoms with Crippen LogP contribution < -0.4 is 5.32 Å². The fourth-order valence-corrected chi connectivity index (χ4v) is 2.98. The van der Waals surface area contributed by atoms with E-state index >= 15 is 0 Å². The van der Waals surface area contributed by atoms with E-state index in [-0.39, 0.29) is 17.9 Å². The van der Waals surface area contributed by atoms with Gasteiger partial charge in [0.15, 0.2) is 0 Å². The van der Waals surface area contributed by atoms with Gasteiger partial charge in [0.1, 0.15) is 0 Å². The molecule has 1 amide bonds. The van der Waals surface area contributed by atoms with Crippen molar-refractivity contribution in [2.45, 2.75) is 51.0 Å². The topological polar surface area (TPSA) is 66.4 Å². The molecule has 4 heteroatoms. The second-order valence-electron chi connectivity index (χ2n) is 5.83. The Morgan fingerprint density at radius 1 is 1.14 bits per heavy atom. The average molecular weight is 289 g/mol. The van der Waals surface area contributed by atoms with Gasteiger partial charge in [-0.1, -0.05) is 49.6 Å². The lowest BCUT2D eigenvalue weighted by Crippen LogP contribution is -2.44. The number of aliphatic carboxylic acids is 1. The first-order valence-corrected chi connectivity index (χ1v) is 7.67. The number of benzene rings is 1. The fraction of sp³-hybridized carbons (Fsp3) is 0.529. The van der Waals surface area contributed by atoms with Gasteiger partial charge in [0, 0.05) is 6.04 Å². The van der Waals surface area contributed by atoms with Crippen molar-refractivity contribution in [3.05, 3.63) is 35.9 Å². The molecule has 0 heterocycles. The van der Waals surface area contributed by atoms with Crippen molar-refractivity contribution in [3.63, 3.8) is 0 Å². The van der Waals surface area contributed by atoms with E-state index in [0.29, 0.717) is 6.42 Å². The van der Waals surface area contributed by atoms with Crippen LogP contribution >= 0.6 is 0 Å². The van der Waals surface area contributed by atoms with Crippen LogP contribution in [0.2, 0.25) is 0 Å². The molecule has 1 aromatic carbocycles. The molecule has 1 saturated carbocycles. The Balaban J connectivity index is 2.04. The lowest BCUT2D eigenvalue weighted by Gasteiger charge is -2.24. The van der Waals surface area contributed by atoms with Crippen LogP contribution in [0.4, 0.5) is 0 Å². The molecule has 114 valence electrons. The Morgan fingerprint density at radius 3 is 2.48 bits per heavy atom. The van der Waals surface area contributed by atoms with Crippen LogP contribution in [0, 0.1) is 5.92 Å². The van der Waals surface area contributed by atoms with E-state index in [1.807, 2.05) is 37.3 Å². The number of carboxylic acids is 1. The summed E-state index contributed by atoms with van der Waals surface area (Å²) in [6, 6.07) is 9.33. The van der Waals surface area contributed by atoms with Crippen molar-refractivity contribution in [2.24, 2.45) is 5.92 Å². The second kappa shape index (κ2) is 7.25. The molecule has 1 fully saturated rings. The quantitative estimate of drug-likeness (QED) is 0.837. The van der Waals surface area contributed by atoms with Crippen LogP contribution in [0.25, 0.3) is 0 Å². The molecule has 4 nitrogen and oxygen atoms in total. The summed E-state index contributed by atoms with van der Waals surface area (Å²) in [5, 5.41) is 12.3. The molecule has 0 spiro atoms. The minimum atomic E-state index is -0.797. The van der Waals surface area contributed by atoms with Gasteiger partial charge < -0.3 is 10.4 Å². The number of amides is 1. The van der Waals surface area contributed by atoms with Gasteiger partial charge in [0.2, 0.25) is 5.91 Å². The van der Waals surface area contributed by atoms with Crippen molar-refractivity contribution >= 4 is 11.9 Å². The maximum Gasteiger partial charge on any atom is 0.308 e. The third kappa shape index (κ3) is 4.06. The number of rotatable bonds is 4. The van der Waals surface area contributed by atoms with Gasteiger partial charge in [0.25, 0.3) is 0 Å². The highest BCUT2D eigenvalue weighted by atomic mass is 16.4. The number of carboxylic acid groups (broad SMARTS) is 1. The highest BCUT2D eigenvalue weighted by Gasteiger charge is 2.31. The largest absolute Gasteiger partial charge is 0.481 e. The van der Waals surface area contributed by atoms with Crippen LogP contribution in [-0.2, 0) is 9.59 Å². The summed E-state index contributed by atoms with van der Waals surface area (Å²) in [6.45, 7) is 1.86. The van der Waals surface area contributed by atoms with Crippen molar-refractivity contribution in [1.29, 1.82) is 0 Å². The molecule has 3 unspecified atom stereocenters. The summed E-state index contributed by atoms with van der Waals surface area (Å²) in [7, 11) is 0. The summed E-state index contributed by atoms with van der Waals surface area (Å²) >= 11 is 0. The van der Waals surface area contributed by atoms with Gasteiger partial charge >= 0.3 is 5.97 Å². The average Bonchev–Trinajstić information content (AvgIpc) is 2.72. The Morgan fingerprint density at radius 2 is 1.81 bits per heavy atom. The van der Waals surface area contributed by atoms with Crippen molar-refractivity contribution < 1.29 is 14.7 Å². The van der Waals surface area contributed by atoms with Gasteiger partial charge in [-0.3, -0.25) is 9.59 Å². The van der Waals surface area contributed by atoms with E-state index in [0.717, 1.165) is 31.2 Å². The Kier molecular flexibility index (Phi) is 5.37. The molecule has 3 atom stereocenters. The van der Waals surface area contributed by atoms with E-state index in [4.69, 9.17) is 0 Å². The lowest BCUT2D eigenvalue weighted by molar-refractivity contribution is -0.143. The van der Waals surface area contributed by atoms with Gasteiger partial charge in [0.05, 0.1) is 11.8 Å². The van der Waals surface area contributed by atoms with Gasteiger partial charge in [-0.25, -0.2) is 0 Å². The minimum absolute atomic E-state index is 0.0839. The number of nitrogens with one attached hydrogen (secondary N) is 1. The highest BCUT2D eigenvalue weighted by molar-refractivity contribution is 5.84. The minimum Gasteiger partial charge on any atom is -0.481 e. The summed E-state index contributed by atoms with van der Waals surface area (Å²) < 4.78 is 0. The van der Waals surface area contributed by atoms with Gasteiger partial charge in [-0.2, -0.15) is 0 Å². The van der Waals surface area contributed by atoms with Gasteiger partial charge in [-0.15, -0.1) is 0 Å². The fourth-order valence-electron chi connectivity index (χ4n) is 2.98. The molecular formula is C17H23NO3. The Bertz CT molecular complexity index is 486. The number of hydrogen-bond donors (Lipinski definition) is 2. The molecule has 2 N–H and O–H groups in total. The summed E-state index contributed by atoms with van der Waals surface area (Å²) in [4.78, 5) is 23.8. The van der Waals surface area contributed by atoms with Crippen molar-refractivity contribution in [3.8, 4) is 0 Å². The third-order valence-electron chi connectivity index (χ3n) is 4.35. The van der Waals surface area contributed by atoms with E-state index in [1.165, 1.54) is 0 Å². The maximum atomic E-state index is 12.4. The number of carbonyl (C=O) groups excluding carboxylic acids is 1. The molecule has 1 aliphatic carbocycles. The van der Waals surface area contributed by atoms with Crippen LogP contribution in [-0.4, -0.2) is 23.0 Å². The molecule has 1 aliphatic rings. The first-order valence-electron chi connectivity index (χ1n) is 7.67. The summed E-state index contributed by atoms with van der Waals surface area (Å²) in [6.07, 6.45) is 4.36. The first-order chi connectivity index (χ1) is 10.1. The number of hydrogen-bond acceptors (Lipinski definition) is 2. The standard InChI is InChI=1S/C17H23NO3/c1-12(13-8-4-2-5-9-13)16(19)18-15-11-7-3-6-10-14(15)17(20)21/h2,4-5,8-9,12,14-15H,3,6-7,10-11H2,1H3,(H,18,19)(H,20,21). The molecule has 0 saturated heterocycles. The third-order valence-corrected chi connectivity index (χ3v) is 4.35. The smallest absolute Gasteiger partial charge is 0.308 e. The first kappa shape index (κ1) is 15.5. The van der Waals surface area contributed by atoms with E-state index in [2.05, 4.69) is 5.32 Å². The molecule has 1 aromatic rings. The SMILES string of the molecule is CC(C(=O)NC1CCCCCC1C(=O)O)c1ccccc1. The predicted molar refractivity (Wildman–Crippen MR) is 81.0 cm³/mol. The number of carbonyl (C=O) groups is 2. The van der Waals surface area contributed by atoms with Crippen LogP contribution in [0.3, 0.4) is 0 Å². The zero-order valence-electron chi connectivity index (χ0n) is 12.4. The van der Waals surface area contributed by atoms with Crippen molar-refractivity contribution in [2.75, 3.05) is 0 Å². The summed E-state index contributed by atoms with van der Waals surface area (Å²) in [5.74, 6) is -1.60.